The summed E-state index contributed by atoms with van der Waals surface area (Å²) < 4.78 is 3.23. The fourth-order valence-electron chi connectivity index (χ4n) is 3.55. The van der Waals surface area contributed by atoms with Crippen LogP contribution in [0.5, 0.6) is 0 Å². The highest BCUT2D eigenvalue weighted by Gasteiger charge is 2.17. The summed E-state index contributed by atoms with van der Waals surface area (Å²) in [5.74, 6) is -0.440. The molecule has 33 heavy (non-hydrogen) atoms. The number of hydrazine groups is 1. The smallest absolute Gasteiger partial charge is 0.269 e. The van der Waals surface area contributed by atoms with Crippen LogP contribution in [0.1, 0.15) is 21.5 Å². The van der Waals surface area contributed by atoms with Gasteiger partial charge in [-0.15, -0.1) is 16.8 Å². The number of hydrogen-bond acceptors (Lipinski definition) is 6. The van der Waals surface area contributed by atoms with Crippen molar-refractivity contribution in [1.29, 1.82) is 0 Å². The number of benzene rings is 2. The van der Waals surface area contributed by atoms with Crippen LogP contribution < -0.4 is 16.4 Å². The summed E-state index contributed by atoms with van der Waals surface area (Å²) in [5.41, 5.74) is 7.69. The van der Waals surface area contributed by atoms with Crippen molar-refractivity contribution >= 4 is 40.3 Å². The molecule has 0 radical (unpaired) electrons. The minimum atomic E-state index is -0.404. The number of nitrogens with one attached hydrogen (secondary N) is 2. The van der Waals surface area contributed by atoms with Crippen LogP contribution in [0.3, 0.4) is 0 Å². The van der Waals surface area contributed by atoms with Crippen molar-refractivity contribution in [3.8, 4) is 0 Å². The quantitative estimate of drug-likeness (QED) is 0.259. The van der Waals surface area contributed by atoms with Crippen molar-refractivity contribution in [2.75, 3.05) is 5.75 Å². The number of thioether (sulfide) groups is 1. The lowest BCUT2D eigenvalue weighted by molar-refractivity contribution is -0.119. The van der Waals surface area contributed by atoms with Crippen LogP contribution in [0.15, 0.2) is 65.1 Å². The average molecular weight is 463 g/mol. The van der Waals surface area contributed by atoms with E-state index < -0.39 is 11.8 Å². The van der Waals surface area contributed by atoms with Crippen molar-refractivity contribution in [2.24, 2.45) is 0 Å². The molecule has 0 unspecified atom stereocenters. The molecule has 0 fully saturated rings. The van der Waals surface area contributed by atoms with E-state index in [1.807, 2.05) is 32.0 Å². The summed E-state index contributed by atoms with van der Waals surface area (Å²) in [4.78, 5) is 37.6. The van der Waals surface area contributed by atoms with Gasteiger partial charge < -0.3 is 0 Å². The van der Waals surface area contributed by atoms with Gasteiger partial charge in [-0.05, 0) is 37.6 Å². The fourth-order valence-corrected chi connectivity index (χ4v) is 4.29. The van der Waals surface area contributed by atoms with E-state index in [0.29, 0.717) is 27.4 Å². The first-order chi connectivity index (χ1) is 15.9. The highest BCUT2D eigenvalue weighted by atomic mass is 32.2. The highest BCUT2D eigenvalue weighted by Crippen LogP contribution is 2.21. The Balaban J connectivity index is 1.51. The highest BCUT2D eigenvalue weighted by molar-refractivity contribution is 7.99. The van der Waals surface area contributed by atoms with Crippen LogP contribution in [0.2, 0.25) is 0 Å². The van der Waals surface area contributed by atoms with Gasteiger partial charge in [0.25, 0.3) is 11.5 Å². The zero-order chi connectivity index (χ0) is 23.5. The normalized spacial score (nSPS) is 11.0. The third-order valence-electron chi connectivity index (χ3n) is 5.06. The predicted molar refractivity (Wildman–Crippen MR) is 127 cm³/mol. The summed E-state index contributed by atoms with van der Waals surface area (Å²) >= 11 is 1.15. The molecular weight excluding hydrogens is 440 g/mol. The molecule has 4 rings (SSSR count). The summed E-state index contributed by atoms with van der Waals surface area (Å²) in [7, 11) is 0. The Kier molecular flexibility index (Phi) is 6.27. The fraction of sp³-hybridized carbons (Fsp3) is 0.174. The Hall–Kier alpha value is -3.92. The molecule has 0 spiro atoms. The Labute approximate surface area is 193 Å². The third-order valence-corrected chi connectivity index (χ3v) is 5.99. The maximum absolute atomic E-state index is 12.8. The summed E-state index contributed by atoms with van der Waals surface area (Å²) in [6, 6.07) is 12.6. The number of aromatic nitrogens is 4. The number of carbonyl (C=O) groups excluding carboxylic acids is 2. The van der Waals surface area contributed by atoms with Crippen LogP contribution in [0.25, 0.3) is 16.7 Å². The van der Waals surface area contributed by atoms with Crippen LogP contribution >= 0.6 is 11.8 Å². The minimum absolute atomic E-state index is 0.0110. The molecule has 0 aliphatic heterocycles. The molecule has 0 aliphatic carbocycles. The molecule has 0 saturated carbocycles. The van der Waals surface area contributed by atoms with Gasteiger partial charge in [-0.25, -0.2) is 0 Å². The number of nitrogens with zero attached hydrogens (tertiary/aromatic N) is 4. The number of rotatable bonds is 6. The van der Waals surface area contributed by atoms with Crippen LogP contribution in [0, 0.1) is 13.8 Å². The van der Waals surface area contributed by atoms with Crippen molar-refractivity contribution in [3.05, 3.63) is 82.2 Å². The average Bonchev–Trinajstić information content (AvgIpc) is 3.23. The van der Waals surface area contributed by atoms with Gasteiger partial charge in [-0.1, -0.05) is 47.7 Å². The second-order valence-corrected chi connectivity index (χ2v) is 8.39. The maximum atomic E-state index is 12.8. The van der Waals surface area contributed by atoms with Gasteiger partial charge in [0, 0.05) is 12.1 Å². The SMILES string of the molecule is C=CCn1c(=O)c2ccccc2n2c(SCC(=O)NNC(=O)c3ccc(C)cc3C)nnc12. The molecule has 9 nitrogen and oxygen atoms in total. The molecule has 10 heteroatoms. The van der Waals surface area contributed by atoms with E-state index in [1.54, 1.807) is 34.7 Å². The lowest BCUT2D eigenvalue weighted by Gasteiger charge is -2.10. The summed E-state index contributed by atoms with van der Waals surface area (Å²) in [5, 5.41) is 9.31. The van der Waals surface area contributed by atoms with E-state index in [9.17, 15) is 14.4 Å². The van der Waals surface area contributed by atoms with E-state index in [1.165, 1.54) is 4.57 Å². The number of fused-ring (bicyclic) bond motifs is 3. The summed E-state index contributed by atoms with van der Waals surface area (Å²) in [6.07, 6.45) is 1.61. The van der Waals surface area contributed by atoms with Crippen LogP contribution in [-0.2, 0) is 11.3 Å². The molecule has 0 saturated heterocycles. The van der Waals surface area contributed by atoms with Gasteiger partial charge in [0.05, 0.1) is 16.7 Å². The minimum Gasteiger partial charge on any atom is -0.272 e. The second kappa shape index (κ2) is 9.29. The molecule has 4 aromatic rings. The predicted octanol–water partition coefficient (Wildman–Crippen LogP) is 2.40. The van der Waals surface area contributed by atoms with Crippen molar-refractivity contribution in [3.63, 3.8) is 0 Å². The monoisotopic (exact) mass is 462 g/mol. The van der Waals surface area contributed by atoms with Crippen molar-refractivity contribution in [1.82, 2.24) is 30.0 Å². The van der Waals surface area contributed by atoms with Crippen molar-refractivity contribution < 1.29 is 9.59 Å². The van der Waals surface area contributed by atoms with Crippen LogP contribution in [0.4, 0.5) is 0 Å². The lowest BCUT2D eigenvalue weighted by Crippen LogP contribution is -2.42. The van der Waals surface area contributed by atoms with Crippen LogP contribution in [-0.4, -0.2) is 36.7 Å². The molecule has 0 atom stereocenters. The first kappa shape index (κ1) is 22.3. The molecule has 2 amide bonds. The topological polar surface area (TPSA) is 110 Å². The molecule has 0 bridgehead atoms. The molecule has 2 heterocycles. The molecule has 2 aromatic heterocycles. The number of hydrogen-bond donors (Lipinski definition) is 2. The van der Waals surface area contributed by atoms with E-state index in [-0.39, 0.29) is 17.9 Å². The number of amides is 2. The number of carbonyl (C=O) groups is 2. The molecule has 2 N–H and O–H groups in total. The third kappa shape index (κ3) is 4.37. The van der Waals surface area contributed by atoms with Gasteiger partial charge in [0.15, 0.2) is 5.16 Å². The Morgan fingerprint density at radius 3 is 2.67 bits per heavy atom. The zero-order valence-electron chi connectivity index (χ0n) is 18.2. The molecular formula is C23H22N6O3S. The number of aryl methyl sites for hydroxylation is 2. The van der Waals surface area contributed by atoms with Gasteiger partial charge in [-0.2, -0.15) is 0 Å². The van der Waals surface area contributed by atoms with E-state index in [0.717, 1.165) is 22.9 Å². The Morgan fingerprint density at radius 2 is 1.91 bits per heavy atom. The van der Waals surface area contributed by atoms with Crippen molar-refractivity contribution in [2.45, 2.75) is 25.5 Å². The van der Waals surface area contributed by atoms with E-state index >= 15 is 0 Å². The lowest BCUT2D eigenvalue weighted by atomic mass is 10.1. The van der Waals surface area contributed by atoms with Gasteiger partial charge >= 0.3 is 0 Å². The van der Waals surface area contributed by atoms with Gasteiger partial charge in [-0.3, -0.25) is 34.2 Å². The Bertz CT molecular complexity index is 1460. The summed E-state index contributed by atoms with van der Waals surface area (Å²) in [6.45, 7) is 7.77. The first-order valence-corrected chi connectivity index (χ1v) is 11.2. The number of para-hydroxylation sites is 1. The standard InChI is InChI=1S/C23H22N6O3S/c1-4-11-28-21(32)17-7-5-6-8-18(17)29-22(28)26-27-23(29)33-13-19(30)24-25-20(31)16-10-9-14(2)12-15(16)3/h4-10,12H,1,11,13H2,2-3H3,(H,24,30)(H,25,31). The molecule has 0 aliphatic rings. The first-order valence-electron chi connectivity index (χ1n) is 10.2. The zero-order valence-corrected chi connectivity index (χ0v) is 19.0. The Morgan fingerprint density at radius 1 is 1.12 bits per heavy atom. The van der Waals surface area contributed by atoms with Gasteiger partial charge in [0.1, 0.15) is 0 Å². The molecule has 168 valence electrons. The number of allylic oxidation sites excluding steroid dienone is 1. The van der Waals surface area contributed by atoms with E-state index in [2.05, 4.69) is 27.6 Å². The largest absolute Gasteiger partial charge is 0.272 e. The van der Waals surface area contributed by atoms with Gasteiger partial charge in [0.2, 0.25) is 11.7 Å². The second-order valence-electron chi connectivity index (χ2n) is 7.45. The molecule has 2 aromatic carbocycles. The van der Waals surface area contributed by atoms with E-state index in [4.69, 9.17) is 0 Å². The maximum Gasteiger partial charge on any atom is 0.269 e.